The summed E-state index contributed by atoms with van der Waals surface area (Å²) in [5.74, 6) is 1.23. The van der Waals surface area contributed by atoms with E-state index in [1.807, 2.05) is 31.2 Å². The minimum absolute atomic E-state index is 0.150. The Kier molecular flexibility index (Phi) is 6.29. The molecule has 5 heteroatoms. The van der Waals surface area contributed by atoms with E-state index >= 15 is 0 Å². The van der Waals surface area contributed by atoms with Crippen molar-refractivity contribution < 1.29 is 14.3 Å². The van der Waals surface area contributed by atoms with Crippen LogP contribution < -0.4 is 14.8 Å². The number of benzene rings is 2. The van der Waals surface area contributed by atoms with Crippen molar-refractivity contribution in [2.45, 2.75) is 26.0 Å². The molecule has 0 radical (unpaired) electrons. The third kappa shape index (κ3) is 5.18. The average Bonchev–Trinajstić information content (AvgIpc) is 2.58. The van der Waals surface area contributed by atoms with Gasteiger partial charge in [-0.25, -0.2) is 0 Å². The Hall–Kier alpha value is -2.20. The quantitative estimate of drug-likeness (QED) is 0.837. The average molecular weight is 334 g/mol. The highest BCUT2D eigenvalue weighted by Gasteiger charge is 2.18. The lowest BCUT2D eigenvalue weighted by Gasteiger charge is -2.17. The zero-order valence-corrected chi connectivity index (χ0v) is 14.0. The number of ether oxygens (including phenoxy) is 2. The summed E-state index contributed by atoms with van der Waals surface area (Å²) in [5.41, 5.74) is 0.997. The van der Waals surface area contributed by atoms with E-state index in [0.29, 0.717) is 23.7 Å². The molecular formula is C18H20ClNO3. The molecule has 2 aromatic carbocycles. The van der Waals surface area contributed by atoms with Crippen molar-refractivity contribution in [1.29, 1.82) is 0 Å². The molecule has 0 spiro atoms. The Morgan fingerprint density at radius 1 is 1.17 bits per heavy atom. The fourth-order valence-electron chi connectivity index (χ4n) is 2.07. The smallest absolute Gasteiger partial charge is 0.261 e. The van der Waals surface area contributed by atoms with Crippen molar-refractivity contribution in [3.05, 3.63) is 59.1 Å². The molecule has 0 fully saturated rings. The van der Waals surface area contributed by atoms with Crippen LogP contribution in [0.15, 0.2) is 48.5 Å². The molecule has 0 aromatic heterocycles. The van der Waals surface area contributed by atoms with Gasteiger partial charge in [0.25, 0.3) is 5.91 Å². The minimum Gasteiger partial charge on any atom is -0.497 e. The van der Waals surface area contributed by atoms with Gasteiger partial charge < -0.3 is 14.8 Å². The largest absolute Gasteiger partial charge is 0.497 e. The van der Waals surface area contributed by atoms with Crippen molar-refractivity contribution in [2.24, 2.45) is 0 Å². The number of hydrogen-bond donors (Lipinski definition) is 1. The normalized spacial score (nSPS) is 11.6. The minimum atomic E-state index is -0.549. The molecule has 1 amide bonds. The maximum Gasteiger partial charge on any atom is 0.261 e. The van der Waals surface area contributed by atoms with Gasteiger partial charge >= 0.3 is 0 Å². The lowest BCUT2D eigenvalue weighted by atomic mass is 10.2. The summed E-state index contributed by atoms with van der Waals surface area (Å²) in [4.78, 5) is 12.3. The summed E-state index contributed by atoms with van der Waals surface area (Å²) in [6.07, 6.45) is 0.0211. The lowest BCUT2D eigenvalue weighted by molar-refractivity contribution is -0.128. The second-order valence-corrected chi connectivity index (χ2v) is 5.47. The number of rotatable bonds is 7. The van der Waals surface area contributed by atoms with E-state index in [2.05, 4.69) is 5.32 Å². The van der Waals surface area contributed by atoms with Crippen molar-refractivity contribution in [1.82, 2.24) is 5.32 Å². The summed E-state index contributed by atoms with van der Waals surface area (Å²) >= 11 is 5.93. The molecule has 0 aliphatic heterocycles. The molecule has 0 aliphatic carbocycles. The highest BCUT2D eigenvalue weighted by atomic mass is 35.5. The van der Waals surface area contributed by atoms with Crippen LogP contribution in [0.4, 0.5) is 0 Å². The van der Waals surface area contributed by atoms with Crippen molar-refractivity contribution in [3.63, 3.8) is 0 Å². The number of amides is 1. The van der Waals surface area contributed by atoms with Gasteiger partial charge in [-0.1, -0.05) is 36.7 Å². The highest BCUT2D eigenvalue weighted by molar-refractivity contribution is 6.30. The summed E-state index contributed by atoms with van der Waals surface area (Å²) in [6.45, 7) is 2.35. The van der Waals surface area contributed by atoms with E-state index in [-0.39, 0.29) is 5.91 Å². The van der Waals surface area contributed by atoms with Gasteiger partial charge in [0.15, 0.2) is 6.10 Å². The first-order valence-corrected chi connectivity index (χ1v) is 7.83. The fraction of sp³-hybridized carbons (Fsp3) is 0.278. The number of nitrogens with one attached hydrogen (secondary N) is 1. The van der Waals surface area contributed by atoms with Crippen molar-refractivity contribution in [3.8, 4) is 11.5 Å². The van der Waals surface area contributed by atoms with Crippen LogP contribution >= 0.6 is 11.6 Å². The van der Waals surface area contributed by atoms with Crippen LogP contribution in [0.2, 0.25) is 5.02 Å². The third-order valence-electron chi connectivity index (χ3n) is 3.36. The highest BCUT2D eigenvalue weighted by Crippen LogP contribution is 2.19. The molecule has 122 valence electrons. The van der Waals surface area contributed by atoms with Gasteiger partial charge in [-0.3, -0.25) is 4.79 Å². The third-order valence-corrected chi connectivity index (χ3v) is 3.60. The van der Waals surface area contributed by atoms with Crippen LogP contribution in [-0.4, -0.2) is 19.1 Å². The second kappa shape index (κ2) is 8.44. The molecule has 4 nitrogen and oxygen atoms in total. The van der Waals surface area contributed by atoms with Gasteiger partial charge in [0.05, 0.1) is 7.11 Å². The van der Waals surface area contributed by atoms with Crippen molar-refractivity contribution in [2.75, 3.05) is 7.11 Å². The summed E-state index contributed by atoms with van der Waals surface area (Å²) in [5, 5.41) is 3.46. The molecule has 0 saturated heterocycles. The molecule has 2 rings (SSSR count). The van der Waals surface area contributed by atoms with Gasteiger partial charge in [-0.2, -0.15) is 0 Å². The van der Waals surface area contributed by atoms with E-state index < -0.39 is 6.10 Å². The molecule has 0 aliphatic rings. The molecule has 1 unspecified atom stereocenters. The second-order valence-electron chi connectivity index (χ2n) is 5.04. The number of hydrogen-bond acceptors (Lipinski definition) is 3. The van der Waals surface area contributed by atoms with E-state index in [0.717, 1.165) is 11.3 Å². The number of halogens is 1. The maximum absolute atomic E-state index is 12.3. The molecule has 2 aromatic rings. The predicted octanol–water partition coefficient (Wildman–Crippen LogP) is 3.82. The molecule has 1 atom stereocenters. The monoisotopic (exact) mass is 333 g/mol. The Morgan fingerprint density at radius 3 is 2.52 bits per heavy atom. The number of carbonyl (C=O) groups excluding carboxylic acids is 1. The fourth-order valence-corrected chi connectivity index (χ4v) is 2.25. The molecule has 0 heterocycles. The SMILES string of the molecule is CCC(Oc1cccc(Cl)c1)C(=O)NCc1ccc(OC)cc1. The van der Waals surface area contributed by atoms with Gasteiger partial charge in [-0.05, 0) is 42.3 Å². The first-order valence-electron chi connectivity index (χ1n) is 7.45. The Labute approximate surface area is 141 Å². The van der Waals surface area contributed by atoms with Crippen LogP contribution in [0.3, 0.4) is 0 Å². The van der Waals surface area contributed by atoms with Crippen LogP contribution in [0.5, 0.6) is 11.5 Å². The van der Waals surface area contributed by atoms with Crippen LogP contribution in [0.1, 0.15) is 18.9 Å². The summed E-state index contributed by atoms with van der Waals surface area (Å²) in [7, 11) is 1.62. The number of methoxy groups -OCH3 is 1. The maximum atomic E-state index is 12.3. The summed E-state index contributed by atoms with van der Waals surface area (Å²) in [6, 6.07) is 14.6. The van der Waals surface area contributed by atoms with Gasteiger partial charge in [0.2, 0.25) is 0 Å². The summed E-state index contributed by atoms with van der Waals surface area (Å²) < 4.78 is 10.8. The zero-order chi connectivity index (χ0) is 16.7. The zero-order valence-electron chi connectivity index (χ0n) is 13.2. The van der Waals surface area contributed by atoms with E-state index in [9.17, 15) is 4.79 Å². The first kappa shape index (κ1) is 17.2. The van der Waals surface area contributed by atoms with Crippen LogP contribution in [0, 0.1) is 0 Å². The molecular weight excluding hydrogens is 314 g/mol. The van der Waals surface area contributed by atoms with E-state index in [1.165, 1.54) is 0 Å². The predicted molar refractivity (Wildman–Crippen MR) is 91.0 cm³/mol. The van der Waals surface area contributed by atoms with Crippen molar-refractivity contribution >= 4 is 17.5 Å². The van der Waals surface area contributed by atoms with Crippen LogP contribution in [0.25, 0.3) is 0 Å². The first-order chi connectivity index (χ1) is 11.1. The Morgan fingerprint density at radius 2 is 1.91 bits per heavy atom. The standard InChI is InChI=1S/C18H20ClNO3/c1-3-17(23-16-6-4-5-14(19)11-16)18(21)20-12-13-7-9-15(22-2)10-8-13/h4-11,17H,3,12H2,1-2H3,(H,20,21). The van der Waals surface area contributed by atoms with E-state index in [1.54, 1.807) is 31.4 Å². The molecule has 0 saturated carbocycles. The van der Waals surface area contributed by atoms with Crippen LogP contribution in [-0.2, 0) is 11.3 Å². The Balaban J connectivity index is 1.91. The molecule has 1 N–H and O–H groups in total. The molecule has 23 heavy (non-hydrogen) atoms. The van der Waals surface area contributed by atoms with E-state index in [4.69, 9.17) is 21.1 Å². The van der Waals surface area contributed by atoms with Gasteiger partial charge in [0.1, 0.15) is 11.5 Å². The number of carbonyl (C=O) groups is 1. The molecule has 0 bridgehead atoms. The lowest BCUT2D eigenvalue weighted by Crippen LogP contribution is -2.37. The topological polar surface area (TPSA) is 47.6 Å². The Bertz CT molecular complexity index is 643. The van der Waals surface area contributed by atoms with Gasteiger partial charge in [0, 0.05) is 11.6 Å². The van der Waals surface area contributed by atoms with Gasteiger partial charge in [-0.15, -0.1) is 0 Å².